The minimum absolute atomic E-state index is 0. The van der Waals surface area contributed by atoms with Crippen molar-refractivity contribution in [1.82, 2.24) is 0 Å². The highest BCUT2D eigenvalue weighted by molar-refractivity contribution is 9.10. The zero-order valence-corrected chi connectivity index (χ0v) is 12.2. The van der Waals surface area contributed by atoms with Crippen molar-refractivity contribution in [2.75, 3.05) is 0 Å². The minimum Gasteiger partial charge on any atom is -0.507 e. The van der Waals surface area contributed by atoms with Gasteiger partial charge in [0.05, 0.1) is 0 Å². The van der Waals surface area contributed by atoms with E-state index in [0.29, 0.717) is 16.5 Å². The highest BCUT2D eigenvalue weighted by atomic mass is 79.9. The van der Waals surface area contributed by atoms with Gasteiger partial charge in [0.15, 0.2) is 0 Å². The van der Waals surface area contributed by atoms with E-state index < -0.39 is 12.0 Å². The molecule has 0 aliphatic rings. The number of halogens is 2. The van der Waals surface area contributed by atoms with Crippen molar-refractivity contribution in [1.29, 1.82) is 0 Å². The molecule has 100 valence electrons. The first kappa shape index (κ1) is 17.0. The molecule has 18 heavy (non-hydrogen) atoms. The van der Waals surface area contributed by atoms with Crippen molar-refractivity contribution in [3.8, 4) is 5.75 Å². The van der Waals surface area contributed by atoms with E-state index in [1.165, 1.54) is 6.07 Å². The normalized spacial score (nSPS) is 11.5. The lowest BCUT2D eigenvalue weighted by Gasteiger charge is -2.15. The lowest BCUT2D eigenvalue weighted by Crippen LogP contribution is -2.12. The van der Waals surface area contributed by atoms with Gasteiger partial charge in [-0.2, -0.15) is 0 Å². The minimum atomic E-state index is -1.19. The molecule has 0 heterocycles. The summed E-state index contributed by atoms with van der Waals surface area (Å²) >= 11 is 3.20. The van der Waals surface area contributed by atoms with Gasteiger partial charge in [-0.15, -0.1) is 19.0 Å². The van der Waals surface area contributed by atoms with E-state index in [2.05, 4.69) is 22.5 Å². The van der Waals surface area contributed by atoms with Crippen LogP contribution in [0.4, 0.5) is 0 Å². The van der Waals surface area contributed by atoms with Crippen molar-refractivity contribution >= 4 is 34.3 Å². The molecule has 1 aromatic rings. The fraction of sp³-hybridized carbons (Fsp3) is 0.250. The number of nitrogens with two attached hydrogens (primary N) is 1. The number of rotatable bonds is 4. The predicted molar refractivity (Wildman–Crippen MR) is 76.4 cm³/mol. The zero-order valence-electron chi connectivity index (χ0n) is 9.81. The van der Waals surface area contributed by atoms with Crippen LogP contribution in [-0.4, -0.2) is 16.2 Å². The van der Waals surface area contributed by atoms with E-state index in [1.807, 2.05) is 6.92 Å². The Morgan fingerprint density at radius 2 is 2.11 bits per heavy atom. The lowest BCUT2D eigenvalue weighted by molar-refractivity contribution is 0.0693. The molecule has 0 saturated heterocycles. The third-order valence-electron chi connectivity index (χ3n) is 2.30. The number of benzene rings is 1. The van der Waals surface area contributed by atoms with Gasteiger partial charge in [-0.05, 0) is 25.5 Å². The smallest absolute Gasteiger partial charge is 0.339 e. The first-order valence-electron chi connectivity index (χ1n) is 4.98. The molecule has 0 fully saturated rings. The van der Waals surface area contributed by atoms with Crippen molar-refractivity contribution in [2.45, 2.75) is 19.4 Å². The van der Waals surface area contributed by atoms with Crippen LogP contribution in [0.2, 0.25) is 0 Å². The molecule has 0 saturated carbocycles. The van der Waals surface area contributed by atoms with Crippen LogP contribution in [0.15, 0.2) is 28.8 Å². The van der Waals surface area contributed by atoms with Crippen LogP contribution in [0, 0.1) is 0 Å². The number of carboxylic acid groups (broad SMARTS) is 1. The topological polar surface area (TPSA) is 83.6 Å². The van der Waals surface area contributed by atoms with Crippen molar-refractivity contribution in [2.24, 2.45) is 5.73 Å². The predicted octanol–water partition coefficient (Wildman–Crippen LogP) is 3.24. The Hall–Kier alpha value is -1.04. The molecule has 0 amide bonds. The number of aromatic hydroxyl groups is 1. The average Bonchev–Trinajstić information content (AvgIpc) is 2.19. The van der Waals surface area contributed by atoms with E-state index in [1.54, 1.807) is 6.07 Å². The van der Waals surface area contributed by atoms with Gasteiger partial charge in [0, 0.05) is 16.1 Å². The monoisotopic (exact) mass is 335 g/mol. The quantitative estimate of drug-likeness (QED) is 0.737. The van der Waals surface area contributed by atoms with Crippen LogP contribution in [0.1, 0.15) is 35.3 Å². The maximum Gasteiger partial charge on any atom is 0.339 e. The molecule has 4 N–H and O–H groups in total. The molecule has 0 radical (unpaired) electrons. The van der Waals surface area contributed by atoms with E-state index in [9.17, 15) is 9.90 Å². The lowest BCUT2D eigenvalue weighted by atomic mass is 9.98. The van der Waals surface area contributed by atoms with Crippen LogP contribution in [0.5, 0.6) is 5.75 Å². The molecule has 0 aromatic heterocycles. The van der Waals surface area contributed by atoms with Crippen LogP contribution < -0.4 is 5.73 Å². The Morgan fingerprint density at radius 3 is 2.56 bits per heavy atom. The number of hydrogen-bond donors (Lipinski definition) is 3. The molecule has 0 aliphatic carbocycles. The fourth-order valence-corrected chi connectivity index (χ4v) is 2.03. The second-order valence-electron chi connectivity index (χ2n) is 3.96. The van der Waals surface area contributed by atoms with E-state index >= 15 is 0 Å². The van der Waals surface area contributed by atoms with Crippen LogP contribution in [0.3, 0.4) is 0 Å². The van der Waals surface area contributed by atoms with Gasteiger partial charge in [0.2, 0.25) is 0 Å². The summed E-state index contributed by atoms with van der Waals surface area (Å²) in [6.45, 7) is 5.57. The Balaban J connectivity index is 0.00000289. The summed E-state index contributed by atoms with van der Waals surface area (Å²) in [5.74, 6) is -1.47. The molecule has 1 aromatic carbocycles. The molecule has 1 rings (SSSR count). The third-order valence-corrected chi connectivity index (χ3v) is 2.76. The summed E-state index contributed by atoms with van der Waals surface area (Å²) in [5.41, 5.74) is 7.01. The zero-order chi connectivity index (χ0) is 13.2. The Morgan fingerprint density at radius 1 is 1.56 bits per heavy atom. The Bertz CT molecular complexity index is 477. The second kappa shape index (κ2) is 6.78. The highest BCUT2D eigenvalue weighted by Gasteiger charge is 2.19. The average molecular weight is 337 g/mol. The summed E-state index contributed by atoms with van der Waals surface area (Å²) in [4.78, 5) is 10.9. The van der Waals surface area contributed by atoms with Gasteiger partial charge in [-0.25, -0.2) is 4.79 Å². The highest BCUT2D eigenvalue weighted by Crippen LogP contribution is 2.33. The molecule has 0 bridgehead atoms. The van der Waals surface area contributed by atoms with Gasteiger partial charge in [-0.1, -0.05) is 21.5 Å². The van der Waals surface area contributed by atoms with E-state index in [-0.39, 0.29) is 23.7 Å². The first-order valence-corrected chi connectivity index (χ1v) is 5.78. The maximum absolute atomic E-state index is 10.9. The first-order chi connectivity index (χ1) is 7.82. The molecule has 1 atom stereocenters. The number of aromatic carboxylic acids is 1. The van der Waals surface area contributed by atoms with Crippen molar-refractivity contribution in [3.05, 3.63) is 39.9 Å². The second-order valence-corrected chi connectivity index (χ2v) is 4.88. The van der Waals surface area contributed by atoms with Crippen LogP contribution in [-0.2, 0) is 0 Å². The molecule has 0 aliphatic heterocycles. The molecular formula is C12H15BrClNO3. The number of carboxylic acids is 1. The molecule has 4 nitrogen and oxygen atoms in total. The SMILES string of the molecule is C=C(C)C[C@H](N)c1cc(Br)cc(C(=O)O)c1O.Cl. The van der Waals surface area contributed by atoms with Gasteiger partial charge in [0.1, 0.15) is 11.3 Å². The largest absolute Gasteiger partial charge is 0.507 e. The molecule has 6 heteroatoms. The molecule has 0 unspecified atom stereocenters. The summed E-state index contributed by atoms with van der Waals surface area (Å²) in [6.07, 6.45) is 0.489. The van der Waals surface area contributed by atoms with Crippen molar-refractivity contribution < 1.29 is 15.0 Å². The summed E-state index contributed by atoms with van der Waals surface area (Å²) < 4.78 is 0.569. The summed E-state index contributed by atoms with van der Waals surface area (Å²) in [7, 11) is 0. The number of carbonyl (C=O) groups is 1. The Kier molecular flexibility index (Phi) is 6.38. The molecular weight excluding hydrogens is 321 g/mol. The van der Waals surface area contributed by atoms with Gasteiger partial charge in [0.25, 0.3) is 0 Å². The third kappa shape index (κ3) is 4.01. The van der Waals surface area contributed by atoms with Gasteiger partial charge in [-0.3, -0.25) is 0 Å². The van der Waals surface area contributed by atoms with E-state index in [4.69, 9.17) is 10.8 Å². The Labute approximate surface area is 120 Å². The number of phenols is 1. The standard InChI is InChI=1S/C12H14BrNO3.ClH/c1-6(2)3-10(14)8-4-7(13)5-9(11(8)15)12(16)17;/h4-5,10,15H,1,3,14H2,2H3,(H,16,17);1H/t10-;/m0./s1. The van der Waals surface area contributed by atoms with Gasteiger partial charge < -0.3 is 15.9 Å². The number of hydrogen-bond acceptors (Lipinski definition) is 3. The molecule has 0 spiro atoms. The van der Waals surface area contributed by atoms with Crippen LogP contribution >= 0.6 is 28.3 Å². The van der Waals surface area contributed by atoms with Gasteiger partial charge >= 0.3 is 5.97 Å². The fourth-order valence-electron chi connectivity index (χ4n) is 1.55. The summed E-state index contributed by atoms with van der Waals surface area (Å²) in [5, 5.41) is 18.8. The summed E-state index contributed by atoms with van der Waals surface area (Å²) in [6, 6.07) is 2.49. The van der Waals surface area contributed by atoms with Crippen molar-refractivity contribution in [3.63, 3.8) is 0 Å². The van der Waals surface area contributed by atoms with Crippen LogP contribution in [0.25, 0.3) is 0 Å². The maximum atomic E-state index is 10.9. The van der Waals surface area contributed by atoms with E-state index in [0.717, 1.165) is 5.57 Å².